The molecule has 2 heterocycles. The van der Waals surface area contributed by atoms with Gasteiger partial charge < -0.3 is 19.1 Å². The van der Waals surface area contributed by atoms with E-state index >= 15 is 0 Å². The van der Waals surface area contributed by atoms with Crippen molar-refractivity contribution in [3.8, 4) is 11.5 Å². The molecule has 6 heteroatoms. The predicted octanol–water partition coefficient (Wildman–Crippen LogP) is 3.73. The van der Waals surface area contributed by atoms with Crippen LogP contribution in [0.2, 0.25) is 0 Å². The summed E-state index contributed by atoms with van der Waals surface area (Å²) in [7, 11) is 0. The fraction of sp³-hybridized carbons (Fsp3) is 0.304. The topological polar surface area (TPSA) is 65.1 Å². The standard InChI is InChI=1S/C23H23NO5/c25-21(12-10-17-9-11-19-20(15-17)28-16-27-19)29-22(18-7-3-1-4-8-18)23(26)24-13-5-2-6-14-24/h1,3-4,7-12,15,22H,2,5-6,13-14,16H2/b12-10+/t22-/m0/s1. The molecule has 1 fully saturated rings. The number of hydrogen-bond acceptors (Lipinski definition) is 5. The molecule has 6 nitrogen and oxygen atoms in total. The Morgan fingerprint density at radius 3 is 2.52 bits per heavy atom. The molecule has 1 saturated heterocycles. The van der Waals surface area contributed by atoms with Crippen LogP contribution in [0.1, 0.15) is 36.5 Å². The third-order valence-corrected chi connectivity index (χ3v) is 5.04. The maximum Gasteiger partial charge on any atom is 0.331 e. The maximum atomic E-state index is 13.0. The van der Waals surface area contributed by atoms with E-state index in [9.17, 15) is 9.59 Å². The first kappa shape index (κ1) is 19.1. The van der Waals surface area contributed by atoms with E-state index in [2.05, 4.69) is 0 Å². The number of likely N-dealkylation sites (tertiary alicyclic amines) is 1. The largest absolute Gasteiger partial charge is 0.454 e. The normalized spacial score (nSPS) is 16.6. The minimum Gasteiger partial charge on any atom is -0.454 e. The molecular weight excluding hydrogens is 370 g/mol. The van der Waals surface area contributed by atoms with Gasteiger partial charge in [-0.3, -0.25) is 4.79 Å². The van der Waals surface area contributed by atoms with Gasteiger partial charge in [0.25, 0.3) is 5.91 Å². The molecule has 2 aliphatic heterocycles. The molecule has 2 aromatic rings. The van der Waals surface area contributed by atoms with Gasteiger partial charge in [-0.25, -0.2) is 4.79 Å². The second-order valence-electron chi connectivity index (χ2n) is 7.06. The highest BCUT2D eigenvalue weighted by Gasteiger charge is 2.29. The highest BCUT2D eigenvalue weighted by Crippen LogP contribution is 2.32. The van der Waals surface area contributed by atoms with Gasteiger partial charge in [-0.2, -0.15) is 0 Å². The lowest BCUT2D eigenvalue weighted by Crippen LogP contribution is -2.40. The average Bonchev–Trinajstić information content (AvgIpc) is 3.25. The second-order valence-corrected chi connectivity index (χ2v) is 7.06. The van der Waals surface area contributed by atoms with E-state index in [1.165, 1.54) is 6.08 Å². The number of amides is 1. The minimum absolute atomic E-state index is 0.166. The van der Waals surface area contributed by atoms with E-state index in [-0.39, 0.29) is 12.7 Å². The van der Waals surface area contributed by atoms with Crippen LogP contribution in [0.4, 0.5) is 0 Å². The number of carbonyl (C=O) groups is 2. The zero-order chi connectivity index (χ0) is 20.1. The van der Waals surface area contributed by atoms with Gasteiger partial charge in [0.15, 0.2) is 11.5 Å². The molecule has 2 aliphatic rings. The Morgan fingerprint density at radius 1 is 0.966 bits per heavy atom. The van der Waals surface area contributed by atoms with Gasteiger partial charge in [-0.1, -0.05) is 36.4 Å². The van der Waals surface area contributed by atoms with Gasteiger partial charge in [-0.05, 0) is 43.0 Å². The summed E-state index contributed by atoms with van der Waals surface area (Å²) in [4.78, 5) is 27.3. The van der Waals surface area contributed by atoms with Crippen LogP contribution in [-0.4, -0.2) is 36.7 Å². The number of fused-ring (bicyclic) bond motifs is 1. The van der Waals surface area contributed by atoms with E-state index < -0.39 is 12.1 Å². The van der Waals surface area contributed by atoms with Gasteiger partial charge in [0.1, 0.15) is 0 Å². The second kappa shape index (κ2) is 8.82. The monoisotopic (exact) mass is 393 g/mol. The molecule has 0 N–H and O–H groups in total. The molecule has 4 rings (SSSR count). The van der Waals surface area contributed by atoms with Crippen LogP contribution in [0.3, 0.4) is 0 Å². The van der Waals surface area contributed by atoms with E-state index in [1.54, 1.807) is 35.2 Å². The Morgan fingerprint density at radius 2 is 1.72 bits per heavy atom. The van der Waals surface area contributed by atoms with Crippen LogP contribution >= 0.6 is 0 Å². The molecule has 1 amide bonds. The van der Waals surface area contributed by atoms with Crippen molar-refractivity contribution >= 4 is 18.0 Å². The van der Waals surface area contributed by atoms with Gasteiger partial charge in [0.2, 0.25) is 12.9 Å². The van der Waals surface area contributed by atoms with Crippen molar-refractivity contribution < 1.29 is 23.8 Å². The zero-order valence-electron chi connectivity index (χ0n) is 16.1. The van der Waals surface area contributed by atoms with E-state index in [0.717, 1.165) is 24.8 Å². The number of piperidine rings is 1. The number of esters is 1. The van der Waals surface area contributed by atoms with Gasteiger partial charge in [0.05, 0.1) is 0 Å². The number of rotatable bonds is 5. The molecular formula is C23H23NO5. The summed E-state index contributed by atoms with van der Waals surface area (Å²) >= 11 is 0. The Bertz CT molecular complexity index is 903. The summed E-state index contributed by atoms with van der Waals surface area (Å²) in [5, 5.41) is 0. The molecule has 0 aromatic heterocycles. The smallest absolute Gasteiger partial charge is 0.331 e. The molecule has 0 bridgehead atoms. The summed E-state index contributed by atoms with van der Waals surface area (Å²) in [5.41, 5.74) is 1.46. The molecule has 0 spiro atoms. The molecule has 1 atom stereocenters. The van der Waals surface area contributed by atoms with Crippen molar-refractivity contribution in [2.75, 3.05) is 19.9 Å². The molecule has 29 heavy (non-hydrogen) atoms. The molecule has 2 aromatic carbocycles. The first-order valence-electron chi connectivity index (χ1n) is 9.83. The van der Waals surface area contributed by atoms with Gasteiger partial charge >= 0.3 is 5.97 Å². The fourth-order valence-corrected chi connectivity index (χ4v) is 3.51. The highest BCUT2D eigenvalue weighted by molar-refractivity contribution is 5.91. The molecule has 0 unspecified atom stereocenters. The SMILES string of the molecule is O=C(/C=C/c1ccc2c(c1)OCO2)O[C@H](C(=O)N1CCCCC1)c1ccccc1. The first-order chi connectivity index (χ1) is 14.2. The number of carbonyl (C=O) groups excluding carboxylic acids is 2. The lowest BCUT2D eigenvalue weighted by atomic mass is 10.1. The van der Waals surface area contributed by atoms with E-state index in [0.29, 0.717) is 30.2 Å². The minimum atomic E-state index is -0.941. The summed E-state index contributed by atoms with van der Waals surface area (Å²) < 4.78 is 16.2. The third kappa shape index (κ3) is 4.59. The lowest BCUT2D eigenvalue weighted by molar-refractivity contribution is -0.157. The van der Waals surface area contributed by atoms with Crippen LogP contribution < -0.4 is 9.47 Å². The number of ether oxygens (including phenoxy) is 3. The molecule has 0 saturated carbocycles. The van der Waals surface area contributed by atoms with Gasteiger partial charge in [-0.15, -0.1) is 0 Å². The fourth-order valence-electron chi connectivity index (χ4n) is 3.51. The molecule has 0 radical (unpaired) electrons. The van der Waals surface area contributed by atoms with E-state index in [4.69, 9.17) is 14.2 Å². The summed E-state index contributed by atoms with van der Waals surface area (Å²) in [6.45, 7) is 1.60. The summed E-state index contributed by atoms with van der Waals surface area (Å²) in [6.07, 6.45) is 5.10. The van der Waals surface area contributed by atoms with Crippen LogP contribution in [0.25, 0.3) is 6.08 Å². The van der Waals surface area contributed by atoms with Crippen molar-refractivity contribution in [3.05, 3.63) is 65.7 Å². The maximum absolute atomic E-state index is 13.0. The Balaban J connectivity index is 1.47. The van der Waals surface area contributed by atoms with Crippen molar-refractivity contribution in [3.63, 3.8) is 0 Å². The van der Waals surface area contributed by atoms with Crippen LogP contribution in [0.5, 0.6) is 11.5 Å². The van der Waals surface area contributed by atoms with Crippen LogP contribution in [-0.2, 0) is 14.3 Å². The lowest BCUT2D eigenvalue weighted by Gasteiger charge is -2.30. The summed E-state index contributed by atoms with van der Waals surface area (Å²) in [5.74, 6) is 0.589. The van der Waals surface area contributed by atoms with Crippen molar-refractivity contribution in [1.82, 2.24) is 4.90 Å². The van der Waals surface area contributed by atoms with Crippen molar-refractivity contribution in [2.45, 2.75) is 25.4 Å². The van der Waals surface area contributed by atoms with Crippen molar-refractivity contribution in [2.24, 2.45) is 0 Å². The van der Waals surface area contributed by atoms with Crippen LogP contribution in [0, 0.1) is 0 Å². The highest BCUT2D eigenvalue weighted by atomic mass is 16.7. The van der Waals surface area contributed by atoms with Crippen molar-refractivity contribution in [1.29, 1.82) is 0 Å². The van der Waals surface area contributed by atoms with E-state index in [1.807, 2.05) is 24.3 Å². The number of hydrogen-bond donors (Lipinski definition) is 0. The Kier molecular flexibility index (Phi) is 5.79. The van der Waals surface area contributed by atoms with Crippen LogP contribution in [0.15, 0.2) is 54.6 Å². The Labute approximate surface area is 169 Å². The molecule has 0 aliphatic carbocycles. The van der Waals surface area contributed by atoms with Gasteiger partial charge in [0, 0.05) is 24.7 Å². The Hall–Kier alpha value is -3.28. The number of nitrogens with zero attached hydrogens (tertiary/aromatic N) is 1. The first-order valence-corrected chi connectivity index (χ1v) is 9.83. The molecule has 150 valence electrons. The average molecular weight is 393 g/mol. The zero-order valence-corrected chi connectivity index (χ0v) is 16.1. The summed E-state index contributed by atoms with van der Waals surface area (Å²) in [6, 6.07) is 14.6. The number of benzene rings is 2. The third-order valence-electron chi connectivity index (χ3n) is 5.04. The quantitative estimate of drug-likeness (QED) is 0.572. The predicted molar refractivity (Wildman–Crippen MR) is 107 cm³/mol.